The van der Waals surface area contributed by atoms with Crippen LogP contribution in [-0.2, 0) is 11.9 Å². The Hall–Kier alpha value is -3.17. The molecule has 5 rings (SSSR count). The fourth-order valence-electron chi connectivity index (χ4n) is 5.68. The molecule has 3 amide bonds. The summed E-state index contributed by atoms with van der Waals surface area (Å²) in [6, 6.07) is 7.60. The van der Waals surface area contributed by atoms with Gasteiger partial charge < -0.3 is 24.8 Å². The Labute approximate surface area is 286 Å². The van der Waals surface area contributed by atoms with E-state index < -0.39 is 53.1 Å². The minimum absolute atomic E-state index is 0.0376. The van der Waals surface area contributed by atoms with Crippen molar-refractivity contribution in [1.29, 1.82) is 0 Å². The average Bonchev–Trinajstić information content (AvgIpc) is 3.35. The molecule has 1 atom stereocenters. The number of halogens is 7. The highest BCUT2D eigenvalue weighted by Gasteiger charge is 2.40. The maximum absolute atomic E-state index is 14.3. The number of ether oxygens (including phenoxy) is 1. The number of aromatic amines is 1. The fraction of sp³-hybridized carbons (Fsp3) is 0.367. The summed E-state index contributed by atoms with van der Waals surface area (Å²) < 4.78 is 60.4. The SMILES string of the molecule is CNCC1c2cc(OC)c(N3CCCN(CC(F)F)C3=O)cc2CN1C(=O)c1c(Sc2c(Cl)cccc2Cl)cc(C(F)(F)Cl)[nH]c1=O. The summed E-state index contributed by atoms with van der Waals surface area (Å²) in [5.74, 6) is -0.502. The second-order valence-electron chi connectivity index (χ2n) is 10.8. The maximum atomic E-state index is 14.3. The van der Waals surface area contributed by atoms with Gasteiger partial charge in [-0.15, -0.1) is 0 Å². The number of hydrogen-bond donors (Lipinski definition) is 2. The van der Waals surface area contributed by atoms with Gasteiger partial charge >= 0.3 is 11.4 Å². The summed E-state index contributed by atoms with van der Waals surface area (Å²) in [6.45, 7) is -0.0842. The molecule has 2 aromatic carbocycles. The number of aromatic nitrogens is 1. The largest absolute Gasteiger partial charge is 0.495 e. The van der Waals surface area contributed by atoms with E-state index in [0.717, 1.165) is 22.7 Å². The van der Waals surface area contributed by atoms with Crippen molar-refractivity contribution in [2.24, 2.45) is 0 Å². The predicted molar refractivity (Wildman–Crippen MR) is 172 cm³/mol. The first-order valence-electron chi connectivity index (χ1n) is 14.2. The van der Waals surface area contributed by atoms with Gasteiger partial charge in [0.2, 0.25) is 0 Å². The van der Waals surface area contributed by atoms with Gasteiger partial charge in [0.05, 0.1) is 35.4 Å². The van der Waals surface area contributed by atoms with E-state index in [0.29, 0.717) is 23.2 Å². The summed E-state index contributed by atoms with van der Waals surface area (Å²) in [4.78, 5) is 46.8. The van der Waals surface area contributed by atoms with Gasteiger partial charge in [-0.3, -0.25) is 14.5 Å². The highest BCUT2D eigenvalue weighted by atomic mass is 35.5. The van der Waals surface area contributed by atoms with Crippen LogP contribution in [0.25, 0.3) is 0 Å². The molecule has 0 saturated carbocycles. The summed E-state index contributed by atoms with van der Waals surface area (Å²) in [5, 5.41) is -0.594. The van der Waals surface area contributed by atoms with Gasteiger partial charge in [0.1, 0.15) is 17.0 Å². The zero-order chi connectivity index (χ0) is 34.2. The molecular formula is C30H28Cl3F4N5O4S. The third-order valence-electron chi connectivity index (χ3n) is 7.78. The molecule has 2 N–H and O–H groups in total. The standard InChI is InChI=1S/C30H28Cl3F4N5O4S/c1-38-12-20-16-10-21(46-2)19(41-8-4-7-40(29(41)45)14-24(34)35)9-15(16)13-42(20)28(44)25-22(11-23(30(33,36)37)39-27(25)43)47-26-17(31)5-3-6-18(26)32/h3,5-6,9-11,20,24,38H,4,7-8,12-14H2,1-2H3,(H,39,43). The molecule has 1 aromatic heterocycles. The molecular weight excluding hydrogens is 709 g/mol. The smallest absolute Gasteiger partial charge is 0.362 e. The van der Waals surface area contributed by atoms with Crippen molar-refractivity contribution >= 4 is 64.2 Å². The Morgan fingerprint density at radius 3 is 2.49 bits per heavy atom. The molecule has 0 bridgehead atoms. The van der Waals surface area contributed by atoms with Crippen molar-refractivity contribution in [3.05, 3.63) is 79.2 Å². The number of amides is 3. The van der Waals surface area contributed by atoms with Crippen LogP contribution < -0.4 is 20.5 Å². The lowest BCUT2D eigenvalue weighted by atomic mass is 10.0. The van der Waals surface area contributed by atoms with Gasteiger partial charge in [0, 0.05) is 36.0 Å². The van der Waals surface area contributed by atoms with E-state index in [2.05, 4.69) is 5.32 Å². The number of H-pyrrole nitrogens is 1. The van der Waals surface area contributed by atoms with Crippen LogP contribution in [0.4, 0.5) is 28.0 Å². The number of hydrogen-bond acceptors (Lipinski definition) is 6. The normalized spacial score (nSPS) is 16.7. The van der Waals surface area contributed by atoms with Gasteiger partial charge in [-0.1, -0.05) is 41.0 Å². The van der Waals surface area contributed by atoms with E-state index in [1.165, 1.54) is 29.0 Å². The molecule has 0 spiro atoms. The van der Waals surface area contributed by atoms with Crippen LogP contribution in [0, 0.1) is 0 Å². The van der Waals surface area contributed by atoms with Gasteiger partial charge in [0.15, 0.2) is 0 Å². The quantitative estimate of drug-likeness (QED) is 0.173. The van der Waals surface area contributed by atoms with Crippen molar-refractivity contribution in [2.45, 2.75) is 40.6 Å². The van der Waals surface area contributed by atoms with Crippen LogP contribution in [0.2, 0.25) is 10.0 Å². The predicted octanol–water partition coefficient (Wildman–Crippen LogP) is 6.94. The molecule has 1 fully saturated rings. The molecule has 3 aromatic rings. The molecule has 1 unspecified atom stereocenters. The first-order chi connectivity index (χ1) is 22.2. The van der Waals surface area contributed by atoms with Crippen LogP contribution in [0.3, 0.4) is 0 Å². The number of fused-ring (bicyclic) bond motifs is 1. The van der Waals surface area contributed by atoms with Crippen LogP contribution in [-0.4, -0.2) is 73.5 Å². The monoisotopic (exact) mass is 735 g/mol. The molecule has 17 heteroatoms. The Morgan fingerprint density at radius 2 is 1.87 bits per heavy atom. The van der Waals surface area contributed by atoms with Crippen LogP contribution >= 0.6 is 46.6 Å². The first kappa shape index (κ1) is 35.1. The molecule has 0 radical (unpaired) electrons. The van der Waals surface area contributed by atoms with Gasteiger partial charge in [-0.25, -0.2) is 13.6 Å². The van der Waals surface area contributed by atoms with Crippen LogP contribution in [0.5, 0.6) is 5.75 Å². The van der Waals surface area contributed by atoms with Crippen LogP contribution in [0.1, 0.15) is 39.6 Å². The Balaban J connectivity index is 1.57. The molecule has 9 nitrogen and oxygen atoms in total. The summed E-state index contributed by atoms with van der Waals surface area (Å²) >= 11 is 18.7. The molecule has 1 saturated heterocycles. The van der Waals surface area contributed by atoms with E-state index in [9.17, 15) is 31.9 Å². The van der Waals surface area contributed by atoms with Gasteiger partial charge in [0.25, 0.3) is 17.9 Å². The van der Waals surface area contributed by atoms with E-state index in [1.807, 2.05) is 4.98 Å². The van der Waals surface area contributed by atoms with Crippen molar-refractivity contribution in [1.82, 2.24) is 20.1 Å². The number of pyridine rings is 1. The second kappa shape index (κ2) is 14.1. The molecule has 3 heterocycles. The number of urea groups is 1. The number of carbonyl (C=O) groups excluding carboxylic acids is 2. The van der Waals surface area contributed by atoms with Crippen molar-refractivity contribution in [2.75, 3.05) is 45.2 Å². The maximum Gasteiger partial charge on any atom is 0.362 e. The number of nitrogens with one attached hydrogen (secondary N) is 2. The minimum Gasteiger partial charge on any atom is -0.495 e. The number of methoxy groups -OCH3 is 1. The number of carbonyl (C=O) groups is 2. The summed E-state index contributed by atoms with van der Waals surface area (Å²) in [6.07, 6.45) is -2.26. The Bertz CT molecular complexity index is 1740. The highest BCUT2D eigenvalue weighted by Crippen LogP contribution is 2.45. The average molecular weight is 737 g/mol. The van der Waals surface area contributed by atoms with Crippen molar-refractivity contribution in [3.63, 3.8) is 0 Å². The number of anilines is 1. The van der Waals surface area contributed by atoms with E-state index in [4.69, 9.17) is 39.5 Å². The zero-order valence-corrected chi connectivity index (χ0v) is 28.0. The van der Waals surface area contributed by atoms with Crippen molar-refractivity contribution in [3.8, 4) is 5.75 Å². The highest BCUT2D eigenvalue weighted by molar-refractivity contribution is 7.99. The Kier molecular flexibility index (Phi) is 10.6. The van der Waals surface area contributed by atoms with E-state index in [1.54, 1.807) is 25.2 Å². The molecule has 0 aliphatic carbocycles. The van der Waals surface area contributed by atoms with E-state index >= 15 is 0 Å². The summed E-state index contributed by atoms with van der Waals surface area (Å²) in [7, 11) is 3.07. The lowest BCUT2D eigenvalue weighted by Gasteiger charge is -2.36. The first-order valence-corrected chi connectivity index (χ1v) is 16.2. The number of benzene rings is 2. The minimum atomic E-state index is -3.96. The molecule has 2 aliphatic rings. The Morgan fingerprint density at radius 1 is 1.17 bits per heavy atom. The number of nitrogens with zero attached hydrogens (tertiary/aromatic N) is 3. The third-order valence-corrected chi connectivity index (χ3v) is 10.0. The van der Waals surface area contributed by atoms with Crippen molar-refractivity contribution < 1.29 is 31.9 Å². The van der Waals surface area contributed by atoms with E-state index in [-0.39, 0.29) is 51.8 Å². The van der Waals surface area contributed by atoms with Gasteiger partial charge in [-0.05, 0) is 66.5 Å². The zero-order valence-electron chi connectivity index (χ0n) is 24.9. The fourth-order valence-corrected chi connectivity index (χ4v) is 7.42. The number of rotatable bonds is 10. The van der Waals surface area contributed by atoms with Gasteiger partial charge in [-0.2, -0.15) is 8.78 Å². The number of alkyl halides is 5. The second-order valence-corrected chi connectivity index (χ2v) is 13.1. The molecule has 47 heavy (non-hydrogen) atoms. The topological polar surface area (TPSA) is 98.0 Å². The summed E-state index contributed by atoms with van der Waals surface area (Å²) in [5.41, 5.74) is -0.879. The van der Waals surface area contributed by atoms with Crippen LogP contribution in [0.15, 0.2) is 51.0 Å². The number of likely N-dealkylation sites (N-methyl/N-ethyl adjacent to an activating group) is 1. The molecule has 2 aliphatic heterocycles. The molecule has 252 valence electrons. The lowest BCUT2D eigenvalue weighted by Crippen LogP contribution is -2.51. The third kappa shape index (κ3) is 7.16. The lowest BCUT2D eigenvalue weighted by molar-refractivity contribution is 0.0682.